The summed E-state index contributed by atoms with van der Waals surface area (Å²) in [5.74, 6) is 0.656. The third kappa shape index (κ3) is 2.41. The molecule has 1 N–H and O–H groups in total. The zero-order valence-corrected chi connectivity index (χ0v) is 8.56. The summed E-state index contributed by atoms with van der Waals surface area (Å²) in [7, 11) is 0. The molecule has 7 heteroatoms. The number of carbonyl (C=O) groups is 1. The van der Waals surface area contributed by atoms with Crippen LogP contribution in [0.25, 0.3) is 0 Å². The van der Waals surface area contributed by atoms with Gasteiger partial charge in [-0.25, -0.2) is 13.9 Å². The highest BCUT2D eigenvalue weighted by atomic mass is 19.1. The molecule has 1 aromatic rings. The molecule has 1 aliphatic rings. The average molecular weight is 229 g/mol. The lowest BCUT2D eigenvalue weighted by Gasteiger charge is -2.23. The number of amides is 1. The van der Waals surface area contributed by atoms with Crippen molar-refractivity contribution < 1.29 is 18.7 Å². The molecule has 0 fully saturated rings. The summed E-state index contributed by atoms with van der Waals surface area (Å²) in [6.45, 7) is 0.0825. The molecule has 0 aliphatic carbocycles. The van der Waals surface area contributed by atoms with Gasteiger partial charge in [0, 0.05) is 12.6 Å². The van der Waals surface area contributed by atoms with E-state index in [2.05, 4.69) is 10.4 Å². The number of alkyl carbamates (subject to hydrolysis) is 1. The number of alkyl halides is 1. The molecule has 0 bridgehead atoms. The molecule has 1 atom stereocenters. The first kappa shape index (κ1) is 10.7. The summed E-state index contributed by atoms with van der Waals surface area (Å²) in [6, 6.07) is 1.74. The van der Waals surface area contributed by atoms with Crippen molar-refractivity contribution >= 4 is 6.09 Å². The van der Waals surface area contributed by atoms with Gasteiger partial charge in [0.1, 0.15) is 13.3 Å². The van der Waals surface area contributed by atoms with Crippen LogP contribution in [0.1, 0.15) is 0 Å². The summed E-state index contributed by atoms with van der Waals surface area (Å²) in [5.41, 5.74) is 0. The summed E-state index contributed by atoms with van der Waals surface area (Å²) in [6.07, 6.45) is 0.579. The number of fused-ring (bicyclic) bond motifs is 1. The topological polar surface area (TPSA) is 65.4 Å². The third-order valence-corrected chi connectivity index (χ3v) is 2.11. The van der Waals surface area contributed by atoms with Gasteiger partial charge >= 0.3 is 6.09 Å². The van der Waals surface area contributed by atoms with E-state index in [1.807, 2.05) is 0 Å². The Labute approximate surface area is 91.3 Å². The van der Waals surface area contributed by atoms with Crippen molar-refractivity contribution in [2.24, 2.45) is 0 Å². The minimum atomic E-state index is -0.637. The second-order valence-electron chi connectivity index (χ2n) is 3.31. The van der Waals surface area contributed by atoms with Crippen LogP contribution in [0.2, 0.25) is 0 Å². The Morgan fingerprint density at radius 2 is 2.69 bits per heavy atom. The van der Waals surface area contributed by atoms with E-state index in [9.17, 15) is 9.18 Å². The van der Waals surface area contributed by atoms with Gasteiger partial charge < -0.3 is 14.8 Å². The highest BCUT2D eigenvalue weighted by Crippen LogP contribution is 2.16. The minimum Gasteiger partial charge on any atom is -0.474 e. The molecule has 1 aromatic heterocycles. The van der Waals surface area contributed by atoms with Gasteiger partial charge in [-0.1, -0.05) is 0 Å². The van der Waals surface area contributed by atoms with Crippen LogP contribution >= 0.6 is 0 Å². The van der Waals surface area contributed by atoms with Gasteiger partial charge in [-0.3, -0.25) is 0 Å². The SMILES string of the molecule is O=C(NCCF)O[C@@H]1COc2ccnn2C1. The standard InChI is InChI=1S/C9H12FN3O3/c10-2-4-11-9(14)16-7-5-13-8(15-6-7)1-3-12-13/h1,3,7H,2,4-6H2,(H,11,14)/t7-/m0/s1. The van der Waals surface area contributed by atoms with Crippen molar-refractivity contribution in [3.05, 3.63) is 12.3 Å². The summed E-state index contributed by atoms with van der Waals surface area (Å²) in [5, 5.41) is 6.27. The van der Waals surface area contributed by atoms with Crippen LogP contribution in [0.3, 0.4) is 0 Å². The number of hydrogen-bond acceptors (Lipinski definition) is 4. The zero-order chi connectivity index (χ0) is 11.4. The Kier molecular flexibility index (Phi) is 3.23. The van der Waals surface area contributed by atoms with Crippen LogP contribution in [0.15, 0.2) is 12.3 Å². The number of nitrogens with one attached hydrogen (secondary N) is 1. The zero-order valence-electron chi connectivity index (χ0n) is 8.56. The Morgan fingerprint density at radius 3 is 3.50 bits per heavy atom. The predicted octanol–water partition coefficient (Wildman–Crippen LogP) is 0.340. The van der Waals surface area contributed by atoms with Crippen LogP contribution in [0, 0.1) is 0 Å². The smallest absolute Gasteiger partial charge is 0.407 e. The molecule has 2 rings (SSSR count). The van der Waals surface area contributed by atoms with Gasteiger partial charge in [-0.15, -0.1) is 0 Å². The molecule has 0 unspecified atom stereocenters. The quantitative estimate of drug-likeness (QED) is 0.811. The van der Waals surface area contributed by atoms with E-state index in [1.54, 1.807) is 16.9 Å². The van der Waals surface area contributed by atoms with Crippen LogP contribution in [-0.4, -0.2) is 41.8 Å². The van der Waals surface area contributed by atoms with E-state index in [0.29, 0.717) is 12.4 Å². The fourth-order valence-electron chi connectivity index (χ4n) is 1.42. The fourth-order valence-corrected chi connectivity index (χ4v) is 1.42. The van der Waals surface area contributed by atoms with Gasteiger partial charge in [0.15, 0.2) is 6.10 Å². The molecule has 0 radical (unpaired) electrons. The lowest BCUT2D eigenvalue weighted by atomic mass is 10.3. The van der Waals surface area contributed by atoms with Gasteiger partial charge in [0.25, 0.3) is 0 Å². The molecular weight excluding hydrogens is 217 g/mol. The normalized spacial score (nSPS) is 18.4. The fraction of sp³-hybridized carbons (Fsp3) is 0.556. The Morgan fingerprint density at radius 1 is 1.81 bits per heavy atom. The number of rotatable bonds is 3. The van der Waals surface area contributed by atoms with E-state index >= 15 is 0 Å². The van der Waals surface area contributed by atoms with Gasteiger partial charge in [0.05, 0.1) is 12.7 Å². The second-order valence-corrected chi connectivity index (χ2v) is 3.31. The Balaban J connectivity index is 1.82. The third-order valence-electron chi connectivity index (χ3n) is 2.11. The molecule has 0 saturated heterocycles. The summed E-state index contributed by atoms with van der Waals surface area (Å²) < 4.78 is 23.7. The first-order valence-electron chi connectivity index (χ1n) is 4.94. The van der Waals surface area contributed by atoms with Crippen molar-refractivity contribution in [2.45, 2.75) is 12.6 Å². The number of ether oxygens (including phenoxy) is 2. The van der Waals surface area contributed by atoms with Crippen molar-refractivity contribution in [1.82, 2.24) is 15.1 Å². The molecule has 0 spiro atoms. The first-order valence-corrected chi connectivity index (χ1v) is 4.94. The van der Waals surface area contributed by atoms with Crippen molar-refractivity contribution in [2.75, 3.05) is 19.8 Å². The highest BCUT2D eigenvalue weighted by molar-refractivity contribution is 5.67. The Hall–Kier alpha value is -1.79. The highest BCUT2D eigenvalue weighted by Gasteiger charge is 2.22. The maximum atomic E-state index is 11.8. The molecule has 88 valence electrons. The van der Waals surface area contributed by atoms with E-state index in [-0.39, 0.29) is 13.2 Å². The van der Waals surface area contributed by atoms with Gasteiger partial charge in [-0.2, -0.15) is 5.10 Å². The maximum absolute atomic E-state index is 11.8. The van der Waals surface area contributed by atoms with Crippen molar-refractivity contribution in [3.8, 4) is 5.88 Å². The lowest BCUT2D eigenvalue weighted by Crippen LogP contribution is -2.38. The van der Waals surface area contributed by atoms with Gasteiger partial charge in [-0.05, 0) is 0 Å². The minimum absolute atomic E-state index is 0.0422. The first-order chi connectivity index (χ1) is 7.79. The monoisotopic (exact) mass is 229 g/mol. The van der Waals surface area contributed by atoms with E-state index in [0.717, 1.165) is 0 Å². The van der Waals surface area contributed by atoms with E-state index < -0.39 is 18.9 Å². The number of aromatic nitrogens is 2. The average Bonchev–Trinajstić information content (AvgIpc) is 2.73. The molecule has 0 aromatic carbocycles. The second kappa shape index (κ2) is 4.82. The van der Waals surface area contributed by atoms with Crippen molar-refractivity contribution in [1.29, 1.82) is 0 Å². The van der Waals surface area contributed by atoms with E-state index in [1.165, 1.54) is 0 Å². The predicted molar refractivity (Wildman–Crippen MR) is 52.0 cm³/mol. The number of halogens is 1. The molecule has 0 saturated carbocycles. The molecule has 2 heterocycles. The number of carbonyl (C=O) groups excluding carboxylic acids is 1. The van der Waals surface area contributed by atoms with E-state index in [4.69, 9.17) is 9.47 Å². The van der Waals surface area contributed by atoms with Crippen molar-refractivity contribution in [3.63, 3.8) is 0 Å². The van der Waals surface area contributed by atoms with Crippen LogP contribution in [0.4, 0.5) is 9.18 Å². The lowest BCUT2D eigenvalue weighted by molar-refractivity contribution is 0.0304. The summed E-state index contributed by atoms with van der Waals surface area (Å²) >= 11 is 0. The summed E-state index contributed by atoms with van der Waals surface area (Å²) in [4.78, 5) is 11.1. The van der Waals surface area contributed by atoms with Crippen LogP contribution < -0.4 is 10.1 Å². The molecular formula is C9H12FN3O3. The van der Waals surface area contributed by atoms with Crippen LogP contribution in [0.5, 0.6) is 5.88 Å². The largest absolute Gasteiger partial charge is 0.474 e. The molecule has 6 nitrogen and oxygen atoms in total. The maximum Gasteiger partial charge on any atom is 0.407 e. The molecule has 16 heavy (non-hydrogen) atoms. The Bertz CT molecular complexity index is 369. The van der Waals surface area contributed by atoms with Gasteiger partial charge in [0.2, 0.25) is 5.88 Å². The number of nitrogens with zero attached hydrogens (tertiary/aromatic N) is 2. The van der Waals surface area contributed by atoms with Crippen LogP contribution in [-0.2, 0) is 11.3 Å². The molecule has 1 aliphatic heterocycles. The number of hydrogen-bond donors (Lipinski definition) is 1. The molecule has 1 amide bonds.